The summed E-state index contributed by atoms with van der Waals surface area (Å²) < 4.78 is 17.4. The Morgan fingerprint density at radius 2 is 2.31 bits per heavy atom. The van der Waals surface area contributed by atoms with Gasteiger partial charge in [-0.3, -0.25) is 4.94 Å². The van der Waals surface area contributed by atoms with Crippen molar-refractivity contribution in [3.05, 3.63) is 35.4 Å². The second-order valence-corrected chi connectivity index (χ2v) is 3.38. The van der Waals surface area contributed by atoms with Crippen LogP contribution < -0.4 is 9.68 Å². The van der Waals surface area contributed by atoms with Crippen molar-refractivity contribution in [3.63, 3.8) is 0 Å². The first-order chi connectivity index (χ1) is 7.63. The minimum atomic E-state index is -0.348. The summed E-state index contributed by atoms with van der Waals surface area (Å²) in [5.74, 6) is -0.0985. The lowest BCUT2D eigenvalue weighted by molar-refractivity contribution is -0.00638. The van der Waals surface area contributed by atoms with E-state index in [1.807, 2.05) is 6.07 Å². The molecule has 0 N–H and O–H groups in total. The predicted molar refractivity (Wildman–Crippen MR) is 58.2 cm³/mol. The van der Waals surface area contributed by atoms with Crippen LogP contribution in [-0.4, -0.2) is 6.10 Å². The summed E-state index contributed by atoms with van der Waals surface area (Å²) in [5.41, 5.74) is 0.208. The predicted octanol–water partition coefficient (Wildman–Crippen LogP) is 3.43. The summed E-state index contributed by atoms with van der Waals surface area (Å²) in [6, 6.07) is 4.52. The second kappa shape index (κ2) is 5.38. The standard InChI is InChI=1S/C11H9ClFNO2/c1-3-7(2)15-11-8(6-14)4-5-9(16-13)10(11)12/h3-5,7H,1H2,2H3. The highest BCUT2D eigenvalue weighted by Crippen LogP contribution is 2.37. The number of nitrogens with zero attached hydrogens (tertiary/aromatic N) is 1. The Morgan fingerprint density at radius 1 is 1.62 bits per heavy atom. The summed E-state index contributed by atoms with van der Waals surface area (Å²) in [7, 11) is 0. The van der Waals surface area contributed by atoms with Crippen LogP contribution >= 0.6 is 11.6 Å². The molecule has 84 valence electrons. The minimum absolute atomic E-state index is 0.0738. The van der Waals surface area contributed by atoms with Gasteiger partial charge >= 0.3 is 0 Å². The fourth-order valence-corrected chi connectivity index (χ4v) is 1.27. The fourth-order valence-electron chi connectivity index (χ4n) is 1.03. The van der Waals surface area contributed by atoms with Gasteiger partial charge in [-0.15, -0.1) is 0 Å². The Morgan fingerprint density at radius 3 is 2.81 bits per heavy atom. The molecule has 0 heterocycles. The maximum Gasteiger partial charge on any atom is 0.194 e. The van der Waals surface area contributed by atoms with Gasteiger partial charge in [-0.1, -0.05) is 24.3 Å². The third kappa shape index (κ3) is 2.44. The summed E-state index contributed by atoms with van der Waals surface area (Å²) >= 11 is 5.82. The van der Waals surface area contributed by atoms with E-state index in [1.54, 1.807) is 6.92 Å². The molecule has 5 heteroatoms. The van der Waals surface area contributed by atoms with Gasteiger partial charge in [0.1, 0.15) is 17.2 Å². The van der Waals surface area contributed by atoms with Crippen LogP contribution in [0.4, 0.5) is 4.53 Å². The van der Waals surface area contributed by atoms with Crippen molar-refractivity contribution in [2.24, 2.45) is 0 Å². The number of nitriles is 1. The van der Waals surface area contributed by atoms with Crippen LogP contribution in [0.1, 0.15) is 12.5 Å². The smallest absolute Gasteiger partial charge is 0.194 e. The van der Waals surface area contributed by atoms with Crippen molar-refractivity contribution >= 4 is 11.6 Å². The van der Waals surface area contributed by atoms with Gasteiger partial charge in [-0.05, 0) is 19.1 Å². The van der Waals surface area contributed by atoms with E-state index < -0.39 is 0 Å². The van der Waals surface area contributed by atoms with E-state index in [0.717, 1.165) is 0 Å². The Kier molecular flexibility index (Phi) is 4.15. The van der Waals surface area contributed by atoms with Crippen molar-refractivity contribution in [1.29, 1.82) is 5.26 Å². The highest BCUT2D eigenvalue weighted by atomic mass is 35.5. The van der Waals surface area contributed by atoms with Crippen LogP contribution in [0.2, 0.25) is 5.02 Å². The zero-order valence-corrected chi connectivity index (χ0v) is 9.29. The van der Waals surface area contributed by atoms with Crippen LogP contribution in [0.15, 0.2) is 24.8 Å². The third-order valence-electron chi connectivity index (χ3n) is 1.90. The van der Waals surface area contributed by atoms with E-state index in [0.29, 0.717) is 0 Å². The topological polar surface area (TPSA) is 42.2 Å². The Hall–Kier alpha value is -1.73. The van der Waals surface area contributed by atoms with Gasteiger partial charge in [0, 0.05) is 4.53 Å². The summed E-state index contributed by atoms with van der Waals surface area (Å²) in [6.07, 6.45) is 1.18. The van der Waals surface area contributed by atoms with Crippen LogP contribution in [0.3, 0.4) is 0 Å². The second-order valence-electron chi connectivity index (χ2n) is 3.00. The molecule has 1 unspecified atom stereocenters. The lowest BCUT2D eigenvalue weighted by Gasteiger charge is -2.14. The van der Waals surface area contributed by atoms with Gasteiger partial charge in [-0.2, -0.15) is 5.26 Å². The zero-order valence-electron chi connectivity index (χ0n) is 8.54. The number of ether oxygens (including phenoxy) is 1. The van der Waals surface area contributed by atoms with E-state index in [1.165, 1.54) is 18.2 Å². The Labute approximate surface area is 97.6 Å². The molecule has 0 aliphatic rings. The van der Waals surface area contributed by atoms with Crippen LogP contribution in [0.5, 0.6) is 11.5 Å². The van der Waals surface area contributed by atoms with Gasteiger partial charge in [0.25, 0.3) is 0 Å². The van der Waals surface area contributed by atoms with Gasteiger partial charge in [-0.25, -0.2) is 0 Å². The minimum Gasteiger partial charge on any atom is -0.484 e. The molecule has 3 nitrogen and oxygen atoms in total. The molecule has 0 radical (unpaired) electrons. The van der Waals surface area contributed by atoms with Crippen molar-refractivity contribution in [1.82, 2.24) is 0 Å². The molecule has 1 aromatic rings. The molecule has 1 rings (SSSR count). The molecular formula is C11H9ClFNO2. The quantitative estimate of drug-likeness (QED) is 0.759. The first-order valence-electron chi connectivity index (χ1n) is 4.44. The van der Waals surface area contributed by atoms with Crippen molar-refractivity contribution in [2.45, 2.75) is 13.0 Å². The fraction of sp³-hybridized carbons (Fsp3) is 0.182. The summed E-state index contributed by atoms with van der Waals surface area (Å²) in [4.78, 5) is 3.55. The van der Waals surface area contributed by atoms with Crippen molar-refractivity contribution in [3.8, 4) is 17.6 Å². The number of rotatable bonds is 4. The molecule has 0 amide bonds. The average Bonchev–Trinajstić information content (AvgIpc) is 2.31. The Balaban J connectivity index is 3.22. The maximum absolute atomic E-state index is 12.1. The highest BCUT2D eigenvalue weighted by molar-refractivity contribution is 6.33. The van der Waals surface area contributed by atoms with E-state index in [-0.39, 0.29) is 28.2 Å². The first-order valence-corrected chi connectivity index (χ1v) is 4.82. The van der Waals surface area contributed by atoms with Gasteiger partial charge in [0.05, 0.1) is 5.56 Å². The van der Waals surface area contributed by atoms with Crippen molar-refractivity contribution < 1.29 is 14.2 Å². The number of benzene rings is 1. The molecule has 0 aliphatic carbocycles. The number of hydrogen-bond acceptors (Lipinski definition) is 3. The van der Waals surface area contributed by atoms with Crippen molar-refractivity contribution in [2.75, 3.05) is 0 Å². The summed E-state index contributed by atoms with van der Waals surface area (Å²) in [5, 5.41) is 8.77. The lowest BCUT2D eigenvalue weighted by Crippen LogP contribution is -2.09. The molecular weight excluding hydrogens is 233 g/mol. The normalized spacial score (nSPS) is 11.4. The van der Waals surface area contributed by atoms with E-state index in [2.05, 4.69) is 11.5 Å². The number of halogens is 2. The molecule has 1 atom stereocenters. The van der Waals surface area contributed by atoms with Crippen LogP contribution in [0, 0.1) is 11.3 Å². The molecule has 16 heavy (non-hydrogen) atoms. The molecule has 0 spiro atoms. The van der Waals surface area contributed by atoms with Crippen LogP contribution in [-0.2, 0) is 0 Å². The monoisotopic (exact) mass is 241 g/mol. The molecule has 0 saturated carbocycles. The molecule has 0 saturated heterocycles. The van der Waals surface area contributed by atoms with Gasteiger partial charge in [0.15, 0.2) is 11.5 Å². The van der Waals surface area contributed by atoms with Crippen LogP contribution in [0.25, 0.3) is 0 Å². The van der Waals surface area contributed by atoms with Gasteiger partial charge < -0.3 is 4.74 Å². The highest BCUT2D eigenvalue weighted by Gasteiger charge is 2.16. The first kappa shape index (κ1) is 12.3. The molecule has 0 aromatic heterocycles. The largest absolute Gasteiger partial charge is 0.484 e. The van der Waals surface area contributed by atoms with E-state index >= 15 is 0 Å². The third-order valence-corrected chi connectivity index (χ3v) is 2.26. The van der Waals surface area contributed by atoms with E-state index in [4.69, 9.17) is 21.6 Å². The maximum atomic E-state index is 12.1. The lowest BCUT2D eigenvalue weighted by atomic mass is 10.2. The molecule has 0 fully saturated rings. The average molecular weight is 242 g/mol. The molecule has 1 aromatic carbocycles. The Bertz CT molecular complexity index is 442. The number of hydrogen-bond donors (Lipinski definition) is 0. The molecule has 0 aliphatic heterocycles. The van der Waals surface area contributed by atoms with E-state index in [9.17, 15) is 4.53 Å². The summed E-state index contributed by atoms with van der Waals surface area (Å²) in [6.45, 7) is 5.24. The van der Waals surface area contributed by atoms with Gasteiger partial charge in [0.2, 0.25) is 0 Å². The molecule has 0 bridgehead atoms. The zero-order chi connectivity index (χ0) is 12.1. The SMILES string of the molecule is C=CC(C)Oc1c(C#N)ccc(OF)c1Cl.